The number of hydrogen-bond acceptors (Lipinski definition) is 5. The summed E-state index contributed by atoms with van der Waals surface area (Å²) < 4.78 is 32.1. The lowest BCUT2D eigenvalue weighted by Gasteiger charge is -2.34. The average Bonchev–Trinajstić information content (AvgIpc) is 2.78. The van der Waals surface area contributed by atoms with E-state index >= 15 is 0 Å². The number of hydrogen-bond donors (Lipinski definition) is 2. The van der Waals surface area contributed by atoms with E-state index in [0.717, 1.165) is 0 Å². The first-order chi connectivity index (χ1) is 14.3. The maximum atomic E-state index is 12.8. The summed E-state index contributed by atoms with van der Waals surface area (Å²) in [6.45, 7) is 0.946. The van der Waals surface area contributed by atoms with Crippen LogP contribution < -0.4 is 15.4 Å². The van der Waals surface area contributed by atoms with E-state index in [4.69, 9.17) is 10.5 Å². The van der Waals surface area contributed by atoms with Crippen LogP contribution in [-0.2, 0) is 19.6 Å². The molecular weight excluding hydrogens is 406 g/mol. The van der Waals surface area contributed by atoms with Gasteiger partial charge in [-0.1, -0.05) is 18.2 Å². The number of nitrogens with two attached hydrogens (primary N) is 1. The van der Waals surface area contributed by atoms with Crippen molar-refractivity contribution in [1.82, 2.24) is 5.32 Å². The number of carbonyl (C=O) groups excluding carboxylic acids is 2. The fourth-order valence-electron chi connectivity index (χ4n) is 3.34. The highest BCUT2D eigenvalue weighted by Crippen LogP contribution is 2.29. The van der Waals surface area contributed by atoms with Crippen LogP contribution in [0.4, 0.5) is 5.69 Å². The molecule has 2 aromatic rings. The van der Waals surface area contributed by atoms with Crippen LogP contribution in [0.3, 0.4) is 0 Å². The maximum Gasteiger partial charge on any atom is 0.264 e. The third kappa shape index (κ3) is 4.47. The van der Waals surface area contributed by atoms with E-state index in [9.17, 15) is 18.0 Å². The molecule has 9 heteroatoms. The van der Waals surface area contributed by atoms with Crippen LogP contribution in [0.15, 0.2) is 59.5 Å². The predicted molar refractivity (Wildman–Crippen MR) is 112 cm³/mol. The van der Waals surface area contributed by atoms with Gasteiger partial charge in [-0.3, -0.25) is 13.9 Å². The number of benzene rings is 2. The van der Waals surface area contributed by atoms with Crippen molar-refractivity contribution in [2.75, 3.05) is 31.1 Å². The van der Waals surface area contributed by atoms with Gasteiger partial charge in [-0.15, -0.1) is 0 Å². The molecule has 3 N–H and O–H groups in total. The number of rotatable bonds is 7. The topological polar surface area (TPSA) is 119 Å². The van der Waals surface area contributed by atoms with Gasteiger partial charge in [-0.2, -0.15) is 0 Å². The van der Waals surface area contributed by atoms with Gasteiger partial charge >= 0.3 is 0 Å². The molecule has 1 saturated heterocycles. The van der Waals surface area contributed by atoms with Crippen LogP contribution in [0, 0.1) is 5.41 Å². The Hall–Kier alpha value is -2.91. The number of sulfonamides is 1. The summed E-state index contributed by atoms with van der Waals surface area (Å²) in [6, 6.07) is 14.4. The Bertz CT molecular complexity index is 1000. The van der Waals surface area contributed by atoms with Crippen LogP contribution in [0.1, 0.15) is 23.2 Å². The highest BCUT2D eigenvalue weighted by atomic mass is 32.2. The zero-order valence-corrected chi connectivity index (χ0v) is 17.5. The lowest BCUT2D eigenvalue weighted by atomic mass is 9.79. The van der Waals surface area contributed by atoms with Crippen molar-refractivity contribution in [3.8, 4) is 0 Å². The van der Waals surface area contributed by atoms with Crippen molar-refractivity contribution in [2.45, 2.75) is 17.7 Å². The van der Waals surface area contributed by atoms with Gasteiger partial charge in [0.25, 0.3) is 15.9 Å². The van der Waals surface area contributed by atoms with Gasteiger partial charge in [0.15, 0.2) is 0 Å². The molecule has 1 heterocycles. The Balaban J connectivity index is 1.70. The van der Waals surface area contributed by atoms with Gasteiger partial charge in [-0.05, 0) is 49.2 Å². The van der Waals surface area contributed by atoms with Gasteiger partial charge in [-0.25, -0.2) is 8.42 Å². The van der Waals surface area contributed by atoms with Gasteiger partial charge in [0, 0.05) is 32.4 Å². The zero-order valence-electron chi connectivity index (χ0n) is 16.7. The molecule has 0 aliphatic carbocycles. The van der Waals surface area contributed by atoms with Gasteiger partial charge in [0.1, 0.15) is 0 Å². The first-order valence-corrected chi connectivity index (χ1v) is 11.0. The van der Waals surface area contributed by atoms with Crippen LogP contribution in [0.2, 0.25) is 0 Å². The monoisotopic (exact) mass is 431 g/mol. The normalized spacial score (nSPS) is 15.9. The van der Waals surface area contributed by atoms with E-state index in [-0.39, 0.29) is 11.4 Å². The van der Waals surface area contributed by atoms with E-state index < -0.39 is 27.3 Å². The smallest absolute Gasteiger partial charge is 0.264 e. The number of nitrogens with one attached hydrogen (secondary N) is 1. The summed E-state index contributed by atoms with van der Waals surface area (Å²) >= 11 is 0. The molecule has 0 unspecified atom stereocenters. The fourth-order valence-corrected chi connectivity index (χ4v) is 4.53. The summed E-state index contributed by atoms with van der Waals surface area (Å²) in [5.74, 6) is -0.862. The second-order valence-corrected chi connectivity index (χ2v) is 9.24. The number of primary amides is 1. The molecule has 8 nitrogen and oxygen atoms in total. The molecule has 30 heavy (non-hydrogen) atoms. The highest BCUT2D eigenvalue weighted by Gasteiger charge is 2.38. The quantitative estimate of drug-likeness (QED) is 0.689. The van der Waals surface area contributed by atoms with Crippen molar-refractivity contribution < 1.29 is 22.7 Å². The lowest BCUT2D eigenvalue weighted by molar-refractivity contribution is -0.132. The van der Waals surface area contributed by atoms with Crippen molar-refractivity contribution in [1.29, 1.82) is 0 Å². The Kier molecular flexibility index (Phi) is 6.42. The van der Waals surface area contributed by atoms with Crippen LogP contribution in [0.25, 0.3) is 0 Å². The average molecular weight is 432 g/mol. The lowest BCUT2D eigenvalue weighted by Crippen LogP contribution is -2.49. The molecule has 1 aliphatic rings. The molecule has 0 aromatic heterocycles. The number of amides is 2. The summed E-state index contributed by atoms with van der Waals surface area (Å²) in [5, 5.41) is 2.74. The minimum Gasteiger partial charge on any atom is -0.381 e. The largest absolute Gasteiger partial charge is 0.381 e. The number of anilines is 1. The van der Waals surface area contributed by atoms with E-state index in [2.05, 4.69) is 5.32 Å². The molecule has 0 bridgehead atoms. The number of para-hydroxylation sites is 1. The van der Waals surface area contributed by atoms with Gasteiger partial charge in [0.05, 0.1) is 16.0 Å². The first-order valence-electron chi connectivity index (χ1n) is 9.56. The van der Waals surface area contributed by atoms with Crippen molar-refractivity contribution in [3.05, 3.63) is 60.2 Å². The van der Waals surface area contributed by atoms with E-state index in [1.807, 2.05) is 0 Å². The molecule has 2 amide bonds. The van der Waals surface area contributed by atoms with E-state index in [1.54, 1.807) is 30.3 Å². The number of nitrogens with zero attached hydrogens (tertiary/aromatic N) is 1. The van der Waals surface area contributed by atoms with Crippen LogP contribution in [-0.4, -0.2) is 47.0 Å². The maximum absolute atomic E-state index is 12.8. The van der Waals surface area contributed by atoms with Crippen LogP contribution >= 0.6 is 0 Å². The second kappa shape index (κ2) is 8.85. The molecule has 1 fully saturated rings. The van der Waals surface area contributed by atoms with Gasteiger partial charge < -0.3 is 15.8 Å². The van der Waals surface area contributed by atoms with Gasteiger partial charge in [0.2, 0.25) is 5.91 Å². The minimum absolute atomic E-state index is 0.0726. The van der Waals surface area contributed by atoms with E-state index in [0.29, 0.717) is 37.3 Å². The Morgan fingerprint density at radius 2 is 1.67 bits per heavy atom. The van der Waals surface area contributed by atoms with Crippen molar-refractivity contribution in [3.63, 3.8) is 0 Å². The minimum atomic E-state index is -3.76. The Labute approximate surface area is 176 Å². The van der Waals surface area contributed by atoms with Crippen molar-refractivity contribution >= 4 is 27.5 Å². The summed E-state index contributed by atoms with van der Waals surface area (Å²) in [5.41, 5.74) is 5.56. The third-order valence-electron chi connectivity index (χ3n) is 5.45. The molecule has 2 aromatic carbocycles. The molecule has 0 spiro atoms. The molecule has 0 saturated carbocycles. The Morgan fingerprint density at radius 1 is 1.07 bits per heavy atom. The molecule has 0 radical (unpaired) electrons. The third-order valence-corrected chi connectivity index (χ3v) is 7.25. The molecule has 3 rings (SSSR count). The molecular formula is C21H25N3O5S. The molecule has 160 valence electrons. The number of ether oxygens (including phenoxy) is 1. The first kappa shape index (κ1) is 21.8. The predicted octanol–water partition coefficient (Wildman–Crippen LogP) is 1.52. The van der Waals surface area contributed by atoms with Crippen LogP contribution in [0.5, 0.6) is 0 Å². The zero-order chi connectivity index (χ0) is 21.8. The SMILES string of the molecule is CN(c1ccccc1)S(=O)(=O)c1ccc(C(=O)NCC2(C(N)=O)CCOCC2)cc1. The van der Waals surface area contributed by atoms with E-state index in [1.165, 1.54) is 35.6 Å². The summed E-state index contributed by atoms with van der Waals surface area (Å²) in [4.78, 5) is 24.5. The molecule has 1 aliphatic heterocycles. The highest BCUT2D eigenvalue weighted by molar-refractivity contribution is 7.92. The Morgan fingerprint density at radius 3 is 2.23 bits per heavy atom. The second-order valence-electron chi connectivity index (χ2n) is 7.27. The molecule has 0 atom stereocenters. The fraction of sp³-hybridized carbons (Fsp3) is 0.333. The summed E-state index contributed by atoms with van der Waals surface area (Å²) in [7, 11) is -2.28. The number of carbonyl (C=O) groups is 2. The summed E-state index contributed by atoms with van der Waals surface area (Å²) in [6.07, 6.45) is 0.900. The standard InChI is InChI=1S/C21H25N3O5S/c1-24(17-5-3-2-4-6-17)30(27,28)18-9-7-16(8-10-18)19(25)23-15-21(20(22)26)11-13-29-14-12-21/h2-10H,11-15H2,1H3,(H2,22,26)(H,23,25). The van der Waals surface area contributed by atoms with Crippen molar-refractivity contribution in [2.24, 2.45) is 11.1 Å².